The number of likely N-dealkylation sites (N-methyl/N-ethyl adjacent to an activating group) is 1. The van der Waals surface area contributed by atoms with Crippen LogP contribution >= 0.6 is 0 Å². The second-order valence-electron chi connectivity index (χ2n) is 5.55. The first kappa shape index (κ1) is 14.8. The number of nitrogens with one attached hydrogen (secondary N) is 2. The molecule has 4 heteroatoms. The fourth-order valence-corrected chi connectivity index (χ4v) is 2.32. The minimum Gasteiger partial charge on any atom is -0.322 e. The molecule has 0 fully saturated rings. The van der Waals surface area contributed by atoms with Gasteiger partial charge in [0.05, 0.1) is 0 Å². The standard InChI is InChI=1S/C16H23N3O/c1-12(2)17-8-9-19(3)11-13-10-16(20)18-15-7-5-4-6-14(13)15/h4-7,10,12,17H,8-9,11H2,1-3H3,(H,18,20). The molecule has 0 aliphatic rings. The van der Waals surface area contributed by atoms with Gasteiger partial charge < -0.3 is 15.2 Å². The Bertz CT molecular complexity index is 618. The molecule has 1 heterocycles. The first-order valence-electron chi connectivity index (χ1n) is 7.09. The van der Waals surface area contributed by atoms with E-state index in [2.05, 4.69) is 42.2 Å². The number of H-pyrrole nitrogens is 1. The topological polar surface area (TPSA) is 48.1 Å². The van der Waals surface area contributed by atoms with Crippen LogP contribution in [0.2, 0.25) is 0 Å². The predicted molar refractivity (Wildman–Crippen MR) is 84.0 cm³/mol. The van der Waals surface area contributed by atoms with Crippen molar-refractivity contribution in [2.45, 2.75) is 26.4 Å². The fraction of sp³-hybridized carbons (Fsp3) is 0.438. The number of hydrogen-bond donors (Lipinski definition) is 2. The van der Waals surface area contributed by atoms with Crippen molar-refractivity contribution in [2.24, 2.45) is 0 Å². The van der Waals surface area contributed by atoms with E-state index in [0.717, 1.165) is 36.1 Å². The van der Waals surface area contributed by atoms with Gasteiger partial charge in [-0.05, 0) is 18.7 Å². The number of nitrogens with zero attached hydrogens (tertiary/aromatic N) is 1. The van der Waals surface area contributed by atoms with E-state index in [4.69, 9.17) is 0 Å². The molecule has 2 N–H and O–H groups in total. The zero-order valence-corrected chi connectivity index (χ0v) is 12.4. The van der Waals surface area contributed by atoms with Crippen LogP contribution < -0.4 is 10.9 Å². The van der Waals surface area contributed by atoms with Gasteiger partial charge >= 0.3 is 0 Å². The van der Waals surface area contributed by atoms with Crippen LogP contribution in [0.4, 0.5) is 0 Å². The largest absolute Gasteiger partial charge is 0.322 e. The molecule has 2 aromatic rings. The van der Waals surface area contributed by atoms with Crippen LogP contribution in [-0.4, -0.2) is 36.1 Å². The molecule has 0 unspecified atom stereocenters. The lowest BCUT2D eigenvalue weighted by Gasteiger charge is -2.19. The molecular formula is C16H23N3O. The first-order chi connectivity index (χ1) is 9.56. The van der Waals surface area contributed by atoms with Crippen molar-refractivity contribution in [2.75, 3.05) is 20.1 Å². The van der Waals surface area contributed by atoms with Crippen molar-refractivity contribution in [3.05, 3.63) is 46.2 Å². The van der Waals surface area contributed by atoms with E-state index in [1.807, 2.05) is 18.2 Å². The van der Waals surface area contributed by atoms with Gasteiger partial charge in [-0.1, -0.05) is 32.0 Å². The van der Waals surface area contributed by atoms with Gasteiger partial charge in [0.1, 0.15) is 0 Å². The Morgan fingerprint density at radius 3 is 2.80 bits per heavy atom. The Labute approximate surface area is 119 Å². The van der Waals surface area contributed by atoms with Gasteiger partial charge in [0, 0.05) is 42.6 Å². The Balaban J connectivity index is 2.11. The van der Waals surface area contributed by atoms with Crippen molar-refractivity contribution in [3.63, 3.8) is 0 Å². The summed E-state index contributed by atoms with van der Waals surface area (Å²) in [5.74, 6) is 0. The second kappa shape index (κ2) is 6.68. The number of fused-ring (bicyclic) bond motifs is 1. The number of aromatic amines is 1. The number of benzene rings is 1. The summed E-state index contributed by atoms with van der Waals surface area (Å²) < 4.78 is 0. The normalized spacial score (nSPS) is 11.7. The van der Waals surface area contributed by atoms with Gasteiger partial charge in [0.15, 0.2) is 0 Å². The van der Waals surface area contributed by atoms with Gasteiger partial charge in [0.2, 0.25) is 5.56 Å². The lowest BCUT2D eigenvalue weighted by Crippen LogP contribution is -2.32. The summed E-state index contributed by atoms with van der Waals surface area (Å²) in [6.45, 7) is 6.98. The SMILES string of the molecule is CC(C)NCCN(C)Cc1cc(=O)[nH]c2ccccc12. The molecule has 0 bridgehead atoms. The molecule has 1 aromatic heterocycles. The third-order valence-corrected chi connectivity index (χ3v) is 3.32. The number of hydrogen-bond acceptors (Lipinski definition) is 3. The lowest BCUT2D eigenvalue weighted by atomic mass is 10.1. The van der Waals surface area contributed by atoms with Gasteiger partial charge in [-0.15, -0.1) is 0 Å². The van der Waals surface area contributed by atoms with Gasteiger partial charge in [-0.3, -0.25) is 4.79 Å². The highest BCUT2D eigenvalue weighted by molar-refractivity contribution is 5.81. The molecular weight excluding hydrogens is 250 g/mol. The zero-order valence-electron chi connectivity index (χ0n) is 12.4. The van der Waals surface area contributed by atoms with Crippen molar-refractivity contribution < 1.29 is 0 Å². The molecule has 4 nitrogen and oxygen atoms in total. The van der Waals surface area contributed by atoms with E-state index in [0.29, 0.717) is 6.04 Å². The van der Waals surface area contributed by atoms with Gasteiger partial charge in [0.25, 0.3) is 0 Å². The van der Waals surface area contributed by atoms with Crippen LogP contribution in [0, 0.1) is 0 Å². The zero-order chi connectivity index (χ0) is 14.5. The summed E-state index contributed by atoms with van der Waals surface area (Å²) >= 11 is 0. The highest BCUT2D eigenvalue weighted by Crippen LogP contribution is 2.15. The van der Waals surface area contributed by atoms with Crippen LogP contribution in [0.15, 0.2) is 35.1 Å². The van der Waals surface area contributed by atoms with E-state index < -0.39 is 0 Å². The third kappa shape index (κ3) is 3.92. The molecule has 1 aromatic carbocycles. The molecule has 0 aliphatic heterocycles. The second-order valence-corrected chi connectivity index (χ2v) is 5.55. The van der Waals surface area contributed by atoms with E-state index >= 15 is 0 Å². The molecule has 108 valence electrons. The maximum absolute atomic E-state index is 11.7. The maximum Gasteiger partial charge on any atom is 0.248 e. The Kier molecular flexibility index (Phi) is 4.93. The van der Waals surface area contributed by atoms with Crippen LogP contribution in [0.1, 0.15) is 19.4 Å². The Morgan fingerprint density at radius 2 is 2.05 bits per heavy atom. The number of aromatic nitrogens is 1. The third-order valence-electron chi connectivity index (χ3n) is 3.32. The highest BCUT2D eigenvalue weighted by Gasteiger charge is 2.06. The lowest BCUT2D eigenvalue weighted by molar-refractivity contribution is 0.321. The van der Waals surface area contributed by atoms with Crippen molar-refractivity contribution in [1.29, 1.82) is 0 Å². The smallest absolute Gasteiger partial charge is 0.248 e. The van der Waals surface area contributed by atoms with Gasteiger partial charge in [-0.2, -0.15) is 0 Å². The molecule has 2 rings (SSSR count). The molecule has 0 aliphatic carbocycles. The van der Waals surface area contributed by atoms with Crippen molar-refractivity contribution >= 4 is 10.9 Å². The van der Waals surface area contributed by atoms with Crippen LogP contribution in [0.25, 0.3) is 10.9 Å². The molecule has 0 atom stereocenters. The summed E-state index contributed by atoms with van der Waals surface area (Å²) in [5, 5.41) is 4.52. The number of rotatable bonds is 6. The van der Waals surface area contributed by atoms with Gasteiger partial charge in [-0.25, -0.2) is 0 Å². The van der Waals surface area contributed by atoms with Crippen LogP contribution in [0.5, 0.6) is 0 Å². The maximum atomic E-state index is 11.7. The number of pyridine rings is 1. The summed E-state index contributed by atoms with van der Waals surface area (Å²) in [6, 6.07) is 10.2. The Morgan fingerprint density at radius 1 is 1.30 bits per heavy atom. The summed E-state index contributed by atoms with van der Waals surface area (Å²) in [7, 11) is 2.08. The summed E-state index contributed by atoms with van der Waals surface area (Å²) in [5.41, 5.74) is 1.95. The average Bonchev–Trinajstić information content (AvgIpc) is 2.38. The number of para-hydroxylation sites is 1. The summed E-state index contributed by atoms with van der Waals surface area (Å²) in [6.07, 6.45) is 0. The van der Waals surface area contributed by atoms with E-state index in [1.165, 1.54) is 0 Å². The molecule has 0 amide bonds. The monoisotopic (exact) mass is 273 g/mol. The minimum atomic E-state index is -0.0348. The molecule has 0 saturated heterocycles. The first-order valence-corrected chi connectivity index (χ1v) is 7.09. The van der Waals surface area contributed by atoms with Crippen molar-refractivity contribution in [1.82, 2.24) is 15.2 Å². The summed E-state index contributed by atoms with van der Waals surface area (Å²) in [4.78, 5) is 16.8. The van der Waals surface area contributed by atoms with E-state index in [1.54, 1.807) is 6.07 Å². The van der Waals surface area contributed by atoms with E-state index in [9.17, 15) is 4.79 Å². The molecule has 0 spiro atoms. The Hall–Kier alpha value is -1.65. The minimum absolute atomic E-state index is 0.0348. The van der Waals surface area contributed by atoms with Crippen LogP contribution in [-0.2, 0) is 6.54 Å². The molecule has 20 heavy (non-hydrogen) atoms. The quantitative estimate of drug-likeness (QED) is 0.846. The fourth-order valence-electron chi connectivity index (χ4n) is 2.32. The predicted octanol–water partition coefficient (Wildman–Crippen LogP) is 1.96. The van der Waals surface area contributed by atoms with Crippen LogP contribution in [0.3, 0.4) is 0 Å². The highest BCUT2D eigenvalue weighted by atomic mass is 16.1. The molecule has 0 saturated carbocycles. The molecule has 0 radical (unpaired) electrons. The average molecular weight is 273 g/mol. The van der Waals surface area contributed by atoms with E-state index in [-0.39, 0.29) is 5.56 Å². The van der Waals surface area contributed by atoms with Crippen molar-refractivity contribution in [3.8, 4) is 0 Å².